The molecule has 0 aromatic rings. The Bertz CT molecular complexity index is 195. The van der Waals surface area contributed by atoms with Crippen molar-refractivity contribution in [2.45, 2.75) is 52.6 Å². The molecule has 1 aliphatic rings. The molecule has 1 fully saturated rings. The van der Waals surface area contributed by atoms with Crippen molar-refractivity contribution < 1.29 is 13.2 Å². The summed E-state index contributed by atoms with van der Waals surface area (Å²) in [6.45, 7) is 5.42. The smallest absolute Gasteiger partial charge is 0.171 e. The van der Waals surface area contributed by atoms with E-state index in [2.05, 4.69) is 0 Å². The monoisotopic (exact) mass is 208 g/mol. The molecule has 0 aromatic carbocycles. The summed E-state index contributed by atoms with van der Waals surface area (Å²) in [5, 5.41) is 0. The van der Waals surface area contributed by atoms with Gasteiger partial charge in [-0.2, -0.15) is 13.2 Å². The molecule has 14 heavy (non-hydrogen) atoms. The van der Waals surface area contributed by atoms with Gasteiger partial charge in [0.25, 0.3) is 0 Å². The van der Waals surface area contributed by atoms with Crippen molar-refractivity contribution in [3.8, 4) is 0 Å². The Balaban J connectivity index is 2.72. The van der Waals surface area contributed by atoms with Gasteiger partial charge in [-0.3, -0.25) is 0 Å². The van der Waals surface area contributed by atoms with Crippen LogP contribution in [0.2, 0.25) is 0 Å². The van der Waals surface area contributed by atoms with Crippen molar-refractivity contribution in [1.29, 1.82) is 0 Å². The molecule has 1 saturated carbocycles. The first kappa shape index (κ1) is 11.9. The van der Waals surface area contributed by atoms with E-state index < -0.39 is 11.6 Å². The molecule has 0 heterocycles. The predicted octanol–water partition coefficient (Wildman–Crippen LogP) is 4.40. The summed E-state index contributed by atoms with van der Waals surface area (Å²) < 4.78 is 38.3. The van der Waals surface area contributed by atoms with Crippen LogP contribution in [0.3, 0.4) is 0 Å². The van der Waals surface area contributed by atoms with Crippen LogP contribution in [0.5, 0.6) is 0 Å². The van der Waals surface area contributed by atoms with Crippen LogP contribution in [0, 0.1) is 17.3 Å². The largest absolute Gasteiger partial charge is 0.394 e. The Morgan fingerprint density at radius 3 is 2.29 bits per heavy atom. The van der Waals surface area contributed by atoms with Crippen molar-refractivity contribution >= 4 is 0 Å². The van der Waals surface area contributed by atoms with Crippen LogP contribution in [0.4, 0.5) is 13.2 Å². The minimum absolute atomic E-state index is 0.246. The fourth-order valence-corrected chi connectivity index (χ4v) is 2.36. The van der Waals surface area contributed by atoms with E-state index in [-0.39, 0.29) is 5.92 Å². The molecule has 0 aliphatic heterocycles. The van der Waals surface area contributed by atoms with Crippen LogP contribution in [-0.4, -0.2) is 6.18 Å². The van der Waals surface area contributed by atoms with Gasteiger partial charge in [0.2, 0.25) is 0 Å². The molecule has 1 aliphatic carbocycles. The van der Waals surface area contributed by atoms with E-state index in [1.54, 1.807) is 0 Å². The molecule has 2 atom stereocenters. The zero-order valence-electron chi connectivity index (χ0n) is 9.12. The maximum absolute atomic E-state index is 12.8. The van der Waals surface area contributed by atoms with E-state index in [0.717, 1.165) is 12.8 Å². The van der Waals surface area contributed by atoms with E-state index in [1.165, 1.54) is 6.92 Å². The van der Waals surface area contributed by atoms with Gasteiger partial charge >= 0.3 is 6.18 Å². The summed E-state index contributed by atoms with van der Waals surface area (Å²) in [5.41, 5.74) is -1.43. The van der Waals surface area contributed by atoms with Gasteiger partial charge < -0.3 is 0 Å². The minimum atomic E-state index is -4.03. The van der Waals surface area contributed by atoms with Crippen molar-refractivity contribution in [2.75, 3.05) is 0 Å². The van der Waals surface area contributed by atoms with Crippen LogP contribution >= 0.6 is 0 Å². The third-order valence-electron chi connectivity index (χ3n) is 3.64. The normalized spacial score (nSPS) is 34.9. The van der Waals surface area contributed by atoms with Gasteiger partial charge in [0.05, 0.1) is 5.41 Å². The Kier molecular flexibility index (Phi) is 3.17. The third-order valence-corrected chi connectivity index (χ3v) is 3.64. The lowest BCUT2D eigenvalue weighted by atomic mass is 9.67. The highest BCUT2D eigenvalue weighted by Crippen LogP contribution is 2.51. The van der Waals surface area contributed by atoms with Crippen LogP contribution in [0.15, 0.2) is 0 Å². The second-order valence-corrected chi connectivity index (χ2v) is 5.16. The van der Waals surface area contributed by atoms with Gasteiger partial charge in [0.1, 0.15) is 0 Å². The predicted molar refractivity (Wildman–Crippen MR) is 51.0 cm³/mol. The molecule has 1 rings (SSSR count). The maximum Gasteiger partial charge on any atom is 0.394 e. The molecule has 2 unspecified atom stereocenters. The van der Waals surface area contributed by atoms with Crippen molar-refractivity contribution in [1.82, 2.24) is 0 Å². The summed E-state index contributed by atoms with van der Waals surface area (Å²) >= 11 is 0. The maximum atomic E-state index is 12.8. The molecule has 0 N–H and O–H groups in total. The van der Waals surface area contributed by atoms with E-state index in [9.17, 15) is 13.2 Å². The quantitative estimate of drug-likeness (QED) is 0.599. The van der Waals surface area contributed by atoms with Gasteiger partial charge in [-0.25, -0.2) is 0 Å². The first-order valence-corrected chi connectivity index (χ1v) is 5.33. The second kappa shape index (κ2) is 3.74. The number of hydrogen-bond donors (Lipinski definition) is 0. The summed E-state index contributed by atoms with van der Waals surface area (Å²) in [4.78, 5) is 0. The summed E-state index contributed by atoms with van der Waals surface area (Å²) in [7, 11) is 0. The molecule has 84 valence electrons. The summed E-state index contributed by atoms with van der Waals surface area (Å²) in [6.07, 6.45) is -1.73. The average Bonchev–Trinajstić information content (AvgIpc) is 2.02. The van der Waals surface area contributed by atoms with E-state index in [1.807, 2.05) is 13.8 Å². The lowest BCUT2D eigenvalue weighted by Crippen LogP contribution is -2.40. The van der Waals surface area contributed by atoms with Gasteiger partial charge in [-0.15, -0.1) is 0 Å². The first-order chi connectivity index (χ1) is 6.26. The number of alkyl halides is 3. The van der Waals surface area contributed by atoms with Gasteiger partial charge in [0.15, 0.2) is 0 Å². The molecular formula is C11H19F3. The molecule has 0 aromatic heterocycles. The zero-order valence-corrected chi connectivity index (χ0v) is 9.12. The summed E-state index contributed by atoms with van der Waals surface area (Å²) in [5.74, 6) is 0.618. The van der Waals surface area contributed by atoms with Crippen LogP contribution in [0.25, 0.3) is 0 Å². The average molecular weight is 208 g/mol. The van der Waals surface area contributed by atoms with Gasteiger partial charge in [-0.1, -0.05) is 33.6 Å². The van der Waals surface area contributed by atoms with Crippen molar-refractivity contribution in [3.63, 3.8) is 0 Å². The van der Waals surface area contributed by atoms with E-state index >= 15 is 0 Å². The van der Waals surface area contributed by atoms with Gasteiger partial charge in [-0.05, 0) is 24.7 Å². The molecule has 0 nitrogen and oxygen atoms in total. The van der Waals surface area contributed by atoms with Crippen LogP contribution in [0.1, 0.15) is 46.5 Å². The molecule has 0 saturated heterocycles. The third kappa shape index (κ3) is 2.23. The highest BCUT2D eigenvalue weighted by atomic mass is 19.4. The fourth-order valence-electron chi connectivity index (χ4n) is 2.36. The highest BCUT2D eigenvalue weighted by molar-refractivity contribution is 4.89. The Morgan fingerprint density at radius 1 is 1.29 bits per heavy atom. The second-order valence-electron chi connectivity index (χ2n) is 5.16. The number of rotatable bonds is 1. The van der Waals surface area contributed by atoms with Gasteiger partial charge in [0, 0.05) is 0 Å². The topological polar surface area (TPSA) is 0 Å². The SMILES string of the molecule is CC(C)C1CCCC(C)(C(F)(F)F)C1. The molecule has 0 amide bonds. The zero-order chi connectivity index (χ0) is 11.0. The molecule has 0 bridgehead atoms. The molecule has 0 spiro atoms. The lowest BCUT2D eigenvalue weighted by Gasteiger charge is -2.40. The Labute approximate surface area is 83.9 Å². The Morgan fingerprint density at radius 2 is 1.86 bits per heavy atom. The Hall–Kier alpha value is -0.210. The van der Waals surface area contributed by atoms with E-state index in [0.29, 0.717) is 18.8 Å². The number of hydrogen-bond acceptors (Lipinski definition) is 0. The summed E-state index contributed by atoms with van der Waals surface area (Å²) in [6, 6.07) is 0. The van der Waals surface area contributed by atoms with E-state index in [4.69, 9.17) is 0 Å². The van der Waals surface area contributed by atoms with Crippen LogP contribution < -0.4 is 0 Å². The first-order valence-electron chi connectivity index (χ1n) is 5.33. The fraction of sp³-hybridized carbons (Fsp3) is 1.00. The lowest BCUT2D eigenvalue weighted by molar-refractivity contribution is -0.233. The number of halogens is 3. The minimum Gasteiger partial charge on any atom is -0.171 e. The van der Waals surface area contributed by atoms with Crippen molar-refractivity contribution in [3.05, 3.63) is 0 Å². The molecule has 3 heteroatoms. The molecular weight excluding hydrogens is 189 g/mol. The van der Waals surface area contributed by atoms with Crippen molar-refractivity contribution in [2.24, 2.45) is 17.3 Å². The highest BCUT2D eigenvalue weighted by Gasteiger charge is 2.52. The van der Waals surface area contributed by atoms with Crippen LogP contribution in [-0.2, 0) is 0 Å². The standard InChI is InChI=1S/C11H19F3/c1-8(2)9-5-4-6-10(3,7-9)11(12,13)14/h8-9H,4-7H2,1-3H3. The molecule has 0 radical (unpaired) electrons.